The third-order valence-electron chi connectivity index (χ3n) is 4.36. The summed E-state index contributed by atoms with van der Waals surface area (Å²) in [7, 11) is 0. The van der Waals surface area contributed by atoms with Crippen molar-refractivity contribution in [3.8, 4) is 0 Å². The standard InChI is InChI=1S/C18H39N/c1-6-10-18(9-4)12-11-17(5)13-16-19(14-7-2)15-8-3/h17-18H,6-16H2,1-5H3/t17-,18?/m1/s1. The Morgan fingerprint density at radius 2 is 1.32 bits per heavy atom. The minimum absolute atomic E-state index is 0.905. The Morgan fingerprint density at radius 1 is 0.684 bits per heavy atom. The van der Waals surface area contributed by atoms with Crippen LogP contribution in [0.25, 0.3) is 0 Å². The fourth-order valence-electron chi connectivity index (χ4n) is 3.00. The van der Waals surface area contributed by atoms with Crippen LogP contribution in [-0.4, -0.2) is 24.5 Å². The fourth-order valence-corrected chi connectivity index (χ4v) is 3.00. The molecule has 0 aliphatic carbocycles. The van der Waals surface area contributed by atoms with Crippen LogP contribution in [0.5, 0.6) is 0 Å². The Bertz CT molecular complexity index is 173. The van der Waals surface area contributed by atoms with Crippen LogP contribution in [0.1, 0.15) is 86.0 Å². The lowest BCUT2D eigenvalue weighted by Crippen LogP contribution is -2.27. The van der Waals surface area contributed by atoms with E-state index in [1.54, 1.807) is 0 Å². The Hall–Kier alpha value is -0.0400. The first-order valence-corrected chi connectivity index (χ1v) is 8.90. The maximum Gasteiger partial charge on any atom is -0.00162 e. The molecule has 0 rings (SSSR count). The van der Waals surface area contributed by atoms with E-state index in [1.807, 2.05) is 0 Å². The van der Waals surface area contributed by atoms with E-state index in [2.05, 4.69) is 39.5 Å². The van der Waals surface area contributed by atoms with Crippen molar-refractivity contribution < 1.29 is 0 Å². The molecule has 0 aromatic carbocycles. The summed E-state index contributed by atoms with van der Waals surface area (Å²) in [5, 5.41) is 0. The Balaban J connectivity index is 3.79. The zero-order valence-electron chi connectivity index (χ0n) is 14.4. The van der Waals surface area contributed by atoms with Gasteiger partial charge < -0.3 is 4.90 Å². The first-order chi connectivity index (χ1) is 9.17. The first-order valence-electron chi connectivity index (χ1n) is 8.90. The molecule has 0 saturated carbocycles. The molecule has 1 heteroatoms. The lowest BCUT2D eigenvalue weighted by molar-refractivity contribution is 0.247. The Labute approximate surface area is 123 Å². The van der Waals surface area contributed by atoms with Crippen LogP contribution in [0.2, 0.25) is 0 Å². The van der Waals surface area contributed by atoms with Crippen molar-refractivity contribution in [2.24, 2.45) is 11.8 Å². The highest BCUT2D eigenvalue weighted by Gasteiger charge is 2.10. The summed E-state index contributed by atoms with van der Waals surface area (Å²) in [6.07, 6.45) is 11.0. The highest BCUT2D eigenvalue weighted by atomic mass is 15.1. The monoisotopic (exact) mass is 269 g/mol. The summed E-state index contributed by atoms with van der Waals surface area (Å²) in [4.78, 5) is 2.65. The molecule has 0 radical (unpaired) electrons. The van der Waals surface area contributed by atoms with Crippen LogP contribution in [0.15, 0.2) is 0 Å². The number of hydrogen-bond acceptors (Lipinski definition) is 1. The molecule has 1 unspecified atom stereocenters. The summed E-state index contributed by atoms with van der Waals surface area (Å²) in [5.74, 6) is 1.89. The van der Waals surface area contributed by atoms with E-state index in [-0.39, 0.29) is 0 Å². The van der Waals surface area contributed by atoms with E-state index in [9.17, 15) is 0 Å². The quantitative estimate of drug-likeness (QED) is 0.412. The van der Waals surface area contributed by atoms with Gasteiger partial charge in [0.2, 0.25) is 0 Å². The average molecular weight is 270 g/mol. The molecule has 0 aromatic rings. The molecule has 0 heterocycles. The zero-order valence-corrected chi connectivity index (χ0v) is 14.4. The van der Waals surface area contributed by atoms with Crippen molar-refractivity contribution in [3.05, 3.63) is 0 Å². The first kappa shape index (κ1) is 19.0. The van der Waals surface area contributed by atoms with Crippen molar-refractivity contribution in [3.63, 3.8) is 0 Å². The predicted octanol–water partition coefficient (Wildman–Crippen LogP) is 5.74. The topological polar surface area (TPSA) is 3.24 Å². The van der Waals surface area contributed by atoms with Gasteiger partial charge in [-0.2, -0.15) is 0 Å². The molecule has 1 nitrogen and oxygen atoms in total. The van der Waals surface area contributed by atoms with Gasteiger partial charge in [-0.1, -0.05) is 66.7 Å². The van der Waals surface area contributed by atoms with Crippen LogP contribution < -0.4 is 0 Å². The van der Waals surface area contributed by atoms with Crippen LogP contribution >= 0.6 is 0 Å². The Morgan fingerprint density at radius 3 is 1.79 bits per heavy atom. The number of rotatable bonds is 13. The summed E-state index contributed by atoms with van der Waals surface area (Å²) < 4.78 is 0. The van der Waals surface area contributed by atoms with Crippen LogP contribution in [0.4, 0.5) is 0 Å². The minimum Gasteiger partial charge on any atom is -0.303 e. The molecule has 0 aromatic heterocycles. The van der Waals surface area contributed by atoms with Crippen molar-refractivity contribution >= 4 is 0 Å². The maximum atomic E-state index is 2.65. The second kappa shape index (κ2) is 13.0. The molecule has 0 N–H and O–H groups in total. The molecular formula is C18H39N. The average Bonchev–Trinajstić information content (AvgIpc) is 2.41. The van der Waals surface area contributed by atoms with E-state index in [4.69, 9.17) is 0 Å². The zero-order chi connectivity index (χ0) is 14.5. The molecule has 19 heavy (non-hydrogen) atoms. The summed E-state index contributed by atoms with van der Waals surface area (Å²) in [5.41, 5.74) is 0. The summed E-state index contributed by atoms with van der Waals surface area (Å²) in [6, 6.07) is 0. The molecule has 0 bridgehead atoms. The van der Waals surface area contributed by atoms with Crippen LogP contribution in [0.3, 0.4) is 0 Å². The van der Waals surface area contributed by atoms with Crippen molar-refractivity contribution in [2.45, 2.75) is 86.0 Å². The fraction of sp³-hybridized carbons (Fsp3) is 1.00. The maximum absolute atomic E-state index is 2.65. The summed E-state index contributed by atoms with van der Waals surface area (Å²) >= 11 is 0. The molecular weight excluding hydrogens is 230 g/mol. The second-order valence-corrected chi connectivity index (χ2v) is 6.38. The highest BCUT2D eigenvalue weighted by Crippen LogP contribution is 2.21. The SMILES string of the molecule is CCCC(CC)CC[C@@H](C)CCN(CCC)CCC. The van der Waals surface area contributed by atoms with Gasteiger partial charge in [0.05, 0.1) is 0 Å². The third kappa shape index (κ3) is 10.4. The lowest BCUT2D eigenvalue weighted by Gasteiger charge is -2.23. The van der Waals surface area contributed by atoms with E-state index in [1.165, 1.54) is 71.0 Å². The van der Waals surface area contributed by atoms with E-state index < -0.39 is 0 Å². The van der Waals surface area contributed by atoms with E-state index in [0.29, 0.717) is 0 Å². The van der Waals surface area contributed by atoms with Crippen LogP contribution in [-0.2, 0) is 0 Å². The third-order valence-corrected chi connectivity index (χ3v) is 4.36. The number of nitrogens with zero attached hydrogens (tertiary/aromatic N) is 1. The van der Waals surface area contributed by atoms with Crippen molar-refractivity contribution in [1.29, 1.82) is 0 Å². The van der Waals surface area contributed by atoms with Gasteiger partial charge in [-0.05, 0) is 50.7 Å². The van der Waals surface area contributed by atoms with Gasteiger partial charge in [0.25, 0.3) is 0 Å². The molecule has 116 valence electrons. The summed E-state index contributed by atoms with van der Waals surface area (Å²) in [6.45, 7) is 15.6. The molecule has 0 aliphatic rings. The van der Waals surface area contributed by atoms with Gasteiger partial charge in [-0.3, -0.25) is 0 Å². The van der Waals surface area contributed by atoms with E-state index >= 15 is 0 Å². The number of hydrogen-bond donors (Lipinski definition) is 0. The molecule has 0 saturated heterocycles. The van der Waals surface area contributed by atoms with Crippen molar-refractivity contribution in [2.75, 3.05) is 19.6 Å². The van der Waals surface area contributed by atoms with Crippen molar-refractivity contribution in [1.82, 2.24) is 4.90 Å². The molecule has 0 spiro atoms. The van der Waals surface area contributed by atoms with Crippen LogP contribution in [0, 0.1) is 11.8 Å². The predicted molar refractivity (Wildman–Crippen MR) is 88.7 cm³/mol. The van der Waals surface area contributed by atoms with Gasteiger partial charge in [0, 0.05) is 0 Å². The second-order valence-electron chi connectivity index (χ2n) is 6.38. The molecule has 0 aliphatic heterocycles. The molecule has 0 amide bonds. The Kier molecular flexibility index (Phi) is 12.9. The van der Waals surface area contributed by atoms with Gasteiger partial charge >= 0.3 is 0 Å². The smallest absolute Gasteiger partial charge is 0.00162 e. The minimum atomic E-state index is 0.905. The van der Waals surface area contributed by atoms with E-state index in [0.717, 1.165) is 11.8 Å². The molecule has 2 atom stereocenters. The molecule has 0 fully saturated rings. The van der Waals surface area contributed by atoms with Gasteiger partial charge in [0.15, 0.2) is 0 Å². The highest BCUT2D eigenvalue weighted by molar-refractivity contribution is 4.64. The van der Waals surface area contributed by atoms with Gasteiger partial charge in [0.1, 0.15) is 0 Å². The largest absolute Gasteiger partial charge is 0.303 e. The van der Waals surface area contributed by atoms with Gasteiger partial charge in [-0.15, -0.1) is 0 Å². The normalized spacial score (nSPS) is 14.8. The lowest BCUT2D eigenvalue weighted by atomic mass is 9.90. The van der Waals surface area contributed by atoms with Gasteiger partial charge in [-0.25, -0.2) is 0 Å².